The van der Waals surface area contributed by atoms with Crippen molar-refractivity contribution < 1.29 is 18.7 Å². The molecule has 11 heteroatoms. The van der Waals surface area contributed by atoms with Gasteiger partial charge in [0.2, 0.25) is 5.91 Å². The summed E-state index contributed by atoms with van der Waals surface area (Å²) in [5.41, 5.74) is 1.28. The van der Waals surface area contributed by atoms with Crippen LogP contribution in [0.3, 0.4) is 0 Å². The van der Waals surface area contributed by atoms with E-state index in [2.05, 4.69) is 20.9 Å². The van der Waals surface area contributed by atoms with Crippen LogP contribution < -0.4 is 4.90 Å². The van der Waals surface area contributed by atoms with Crippen LogP contribution in [0, 0.1) is 11.3 Å². The number of hydrogen-bond donors (Lipinski definition) is 0. The lowest BCUT2D eigenvalue weighted by molar-refractivity contribution is -0.134. The van der Waals surface area contributed by atoms with Gasteiger partial charge >= 0.3 is 6.09 Å². The summed E-state index contributed by atoms with van der Waals surface area (Å²) in [6.45, 7) is 9.74. The SMILES string of the molecule is CC(C)(C)OC(=O)N1C[C@@H](N2CCN(c3nc4cc(C#N)ccc4o3)CC2)C[C@H]1C(=O)N1CCSC1. The number of ether oxygens (including phenoxy) is 1. The largest absolute Gasteiger partial charge is 0.444 e. The van der Waals surface area contributed by atoms with Crippen molar-refractivity contribution in [3.63, 3.8) is 0 Å². The lowest BCUT2D eigenvalue weighted by Gasteiger charge is -2.37. The molecular weight excluding hydrogens is 480 g/mol. The van der Waals surface area contributed by atoms with E-state index >= 15 is 0 Å². The molecule has 3 aliphatic heterocycles. The molecule has 1 aromatic carbocycles. The van der Waals surface area contributed by atoms with Gasteiger partial charge in [0, 0.05) is 51.1 Å². The second kappa shape index (κ2) is 9.82. The van der Waals surface area contributed by atoms with Crippen molar-refractivity contribution in [1.82, 2.24) is 19.7 Å². The summed E-state index contributed by atoms with van der Waals surface area (Å²) in [6.07, 6.45) is 0.191. The Balaban J connectivity index is 1.26. The second-order valence-electron chi connectivity index (χ2n) is 10.5. The molecule has 2 atom stereocenters. The van der Waals surface area contributed by atoms with Crippen molar-refractivity contribution >= 4 is 40.9 Å². The van der Waals surface area contributed by atoms with Crippen molar-refractivity contribution in [2.45, 2.75) is 44.9 Å². The minimum atomic E-state index is -0.620. The van der Waals surface area contributed by atoms with Gasteiger partial charge in [-0.25, -0.2) is 4.79 Å². The van der Waals surface area contributed by atoms with Gasteiger partial charge in [0.25, 0.3) is 6.01 Å². The van der Waals surface area contributed by atoms with E-state index in [4.69, 9.17) is 14.4 Å². The number of likely N-dealkylation sites (tertiary alicyclic amines) is 1. The third-order valence-corrected chi connectivity index (χ3v) is 7.83. The average molecular weight is 513 g/mol. The van der Waals surface area contributed by atoms with E-state index in [1.54, 1.807) is 34.9 Å². The molecule has 36 heavy (non-hydrogen) atoms. The Morgan fingerprint density at radius 2 is 1.97 bits per heavy atom. The van der Waals surface area contributed by atoms with Gasteiger partial charge in [0.1, 0.15) is 17.2 Å². The van der Waals surface area contributed by atoms with Gasteiger partial charge in [0.05, 0.1) is 17.5 Å². The number of carbonyl (C=O) groups excluding carboxylic acids is 2. The van der Waals surface area contributed by atoms with Gasteiger partial charge < -0.3 is 19.0 Å². The van der Waals surface area contributed by atoms with E-state index in [-0.39, 0.29) is 11.9 Å². The number of nitrogens with zero attached hydrogens (tertiary/aromatic N) is 6. The van der Waals surface area contributed by atoms with Crippen LogP contribution in [-0.2, 0) is 9.53 Å². The molecule has 3 fully saturated rings. The van der Waals surface area contributed by atoms with Crippen LogP contribution in [-0.4, -0.2) is 100 Å². The first-order valence-corrected chi connectivity index (χ1v) is 13.5. The summed E-state index contributed by atoms with van der Waals surface area (Å²) < 4.78 is 11.6. The molecule has 0 aliphatic carbocycles. The molecule has 0 spiro atoms. The molecular formula is C25H32N6O4S. The third kappa shape index (κ3) is 5.11. The van der Waals surface area contributed by atoms with Crippen molar-refractivity contribution in [3.8, 4) is 6.07 Å². The highest BCUT2D eigenvalue weighted by Gasteiger charge is 2.45. The molecule has 5 rings (SSSR count). The van der Waals surface area contributed by atoms with Crippen LogP contribution in [0.2, 0.25) is 0 Å². The fraction of sp³-hybridized carbons (Fsp3) is 0.600. The van der Waals surface area contributed by atoms with Crippen LogP contribution in [0.25, 0.3) is 11.1 Å². The summed E-state index contributed by atoms with van der Waals surface area (Å²) in [4.78, 5) is 38.9. The normalized spacial score (nSPS) is 23.3. The van der Waals surface area contributed by atoms with Crippen LogP contribution in [0.15, 0.2) is 22.6 Å². The molecule has 0 saturated carbocycles. The summed E-state index contributed by atoms with van der Waals surface area (Å²) in [5, 5.41) is 9.13. The number of thioether (sulfide) groups is 1. The predicted octanol–water partition coefficient (Wildman–Crippen LogP) is 2.73. The monoisotopic (exact) mass is 512 g/mol. The average Bonchev–Trinajstić information content (AvgIpc) is 3.61. The number of aromatic nitrogens is 1. The van der Waals surface area contributed by atoms with Crippen molar-refractivity contribution in [2.75, 3.05) is 55.8 Å². The number of piperazine rings is 1. The maximum absolute atomic E-state index is 13.3. The smallest absolute Gasteiger partial charge is 0.411 e. The van der Waals surface area contributed by atoms with Gasteiger partial charge in [-0.3, -0.25) is 14.6 Å². The van der Waals surface area contributed by atoms with E-state index in [0.29, 0.717) is 41.5 Å². The molecule has 2 amide bonds. The van der Waals surface area contributed by atoms with Crippen LogP contribution in [0.1, 0.15) is 32.8 Å². The van der Waals surface area contributed by atoms with Crippen LogP contribution >= 0.6 is 11.8 Å². The van der Waals surface area contributed by atoms with Gasteiger partial charge in [-0.1, -0.05) is 0 Å². The van der Waals surface area contributed by atoms with Crippen molar-refractivity contribution in [1.29, 1.82) is 5.26 Å². The maximum Gasteiger partial charge on any atom is 0.411 e. The first-order chi connectivity index (χ1) is 17.2. The Morgan fingerprint density at radius 1 is 1.19 bits per heavy atom. The summed E-state index contributed by atoms with van der Waals surface area (Å²) >= 11 is 1.74. The van der Waals surface area contributed by atoms with E-state index in [1.807, 2.05) is 25.7 Å². The molecule has 4 heterocycles. The summed E-state index contributed by atoms with van der Waals surface area (Å²) in [7, 11) is 0. The molecule has 10 nitrogen and oxygen atoms in total. The fourth-order valence-corrected chi connectivity index (χ4v) is 5.99. The molecule has 0 unspecified atom stereocenters. The Hall–Kier alpha value is -2.97. The Kier molecular flexibility index (Phi) is 6.74. The van der Waals surface area contributed by atoms with Gasteiger partial charge in [-0.2, -0.15) is 10.2 Å². The number of nitriles is 1. The standard InChI is InChI=1S/C25H32N6O4S/c1-25(2,3)35-24(33)31-15-18(13-20(31)22(32)30-10-11-36-16-30)28-6-8-29(9-7-28)23-27-19-12-17(14-26)4-5-21(19)34-23/h4-5,12,18,20H,6-11,13,15-16H2,1-3H3/t18-,20-/m0/s1. The van der Waals surface area contributed by atoms with Gasteiger partial charge in [0.15, 0.2) is 5.58 Å². The minimum absolute atomic E-state index is 0.0233. The first-order valence-electron chi connectivity index (χ1n) is 12.4. The minimum Gasteiger partial charge on any atom is -0.444 e. The molecule has 0 radical (unpaired) electrons. The van der Waals surface area contributed by atoms with Gasteiger partial charge in [-0.05, 0) is 45.4 Å². The lowest BCUT2D eigenvalue weighted by atomic mass is 10.1. The third-order valence-electron chi connectivity index (χ3n) is 6.86. The topological polar surface area (TPSA) is 106 Å². The van der Waals surface area contributed by atoms with Crippen LogP contribution in [0.4, 0.5) is 10.8 Å². The van der Waals surface area contributed by atoms with E-state index in [9.17, 15) is 9.59 Å². The number of amides is 2. The molecule has 192 valence electrons. The second-order valence-corrected chi connectivity index (χ2v) is 11.6. The zero-order valence-electron chi connectivity index (χ0n) is 21.0. The highest BCUT2D eigenvalue weighted by atomic mass is 32.2. The number of rotatable bonds is 3. The van der Waals surface area contributed by atoms with Crippen molar-refractivity contribution in [2.24, 2.45) is 0 Å². The number of benzene rings is 1. The zero-order chi connectivity index (χ0) is 25.4. The fourth-order valence-electron chi connectivity index (χ4n) is 5.03. The number of carbonyl (C=O) groups is 2. The van der Waals surface area contributed by atoms with Crippen molar-refractivity contribution in [3.05, 3.63) is 23.8 Å². The molecule has 3 saturated heterocycles. The van der Waals surface area contributed by atoms with E-state index in [0.717, 1.165) is 38.5 Å². The highest BCUT2D eigenvalue weighted by Crippen LogP contribution is 2.30. The Bertz CT molecular complexity index is 1170. The molecule has 3 aliphatic rings. The quantitative estimate of drug-likeness (QED) is 0.614. The molecule has 2 aromatic rings. The van der Waals surface area contributed by atoms with Crippen LogP contribution in [0.5, 0.6) is 0 Å². The lowest BCUT2D eigenvalue weighted by Crippen LogP contribution is -2.51. The molecule has 1 aromatic heterocycles. The first kappa shape index (κ1) is 24.7. The Labute approximate surface area is 215 Å². The number of oxazole rings is 1. The number of hydrogen-bond acceptors (Lipinski definition) is 9. The molecule has 0 N–H and O–H groups in total. The highest BCUT2D eigenvalue weighted by molar-refractivity contribution is 7.99. The van der Waals surface area contributed by atoms with E-state index in [1.165, 1.54) is 0 Å². The zero-order valence-corrected chi connectivity index (χ0v) is 21.8. The van der Waals surface area contributed by atoms with E-state index < -0.39 is 17.7 Å². The Morgan fingerprint density at radius 3 is 2.64 bits per heavy atom. The van der Waals surface area contributed by atoms with Gasteiger partial charge in [-0.15, -0.1) is 11.8 Å². The molecule has 0 bridgehead atoms. The number of anilines is 1. The summed E-state index contributed by atoms with van der Waals surface area (Å²) in [6, 6.07) is 7.52. The predicted molar refractivity (Wildman–Crippen MR) is 137 cm³/mol. The maximum atomic E-state index is 13.3. The number of fused-ring (bicyclic) bond motifs is 1. The summed E-state index contributed by atoms with van der Waals surface area (Å²) in [5.74, 6) is 1.64.